The van der Waals surface area contributed by atoms with Crippen molar-refractivity contribution in [3.05, 3.63) is 24.3 Å². The van der Waals surface area contributed by atoms with Crippen molar-refractivity contribution in [1.82, 2.24) is 0 Å². The Morgan fingerprint density at radius 1 is 0.882 bits per heavy atom. The van der Waals surface area contributed by atoms with Crippen LogP contribution < -0.4 is 0 Å². The van der Waals surface area contributed by atoms with E-state index >= 15 is 0 Å². The lowest BCUT2D eigenvalue weighted by molar-refractivity contribution is -0.308. The number of hydrogen-bond acceptors (Lipinski definition) is 12. The number of carbonyl (C=O) groups is 5. The number of esters is 4. The number of ether oxygens (including phenoxy) is 6. The van der Waals surface area contributed by atoms with Crippen LogP contribution >= 0.6 is 0 Å². The summed E-state index contributed by atoms with van der Waals surface area (Å²) in [5.41, 5.74) is -1.45. The molecule has 1 N–H and O–H groups in total. The fourth-order valence-corrected chi connectivity index (χ4v) is 3.39. The third-order valence-electron chi connectivity index (χ3n) is 4.81. The summed E-state index contributed by atoms with van der Waals surface area (Å²) < 4.78 is 32.4. The van der Waals surface area contributed by atoms with Crippen molar-refractivity contribution in [3.8, 4) is 0 Å². The van der Waals surface area contributed by atoms with Crippen molar-refractivity contribution in [2.24, 2.45) is 0 Å². The number of carbonyl (C=O) groups excluding carboxylic acids is 5. The lowest BCUT2D eigenvalue weighted by Crippen LogP contribution is -2.63. The average Bonchev–Trinajstić information content (AvgIpc) is 2.72. The van der Waals surface area contributed by atoms with Crippen LogP contribution in [0.2, 0.25) is 0 Å². The lowest BCUT2D eigenvalue weighted by atomic mass is 9.94. The molecule has 1 heterocycles. The molecule has 2 rings (SSSR count). The molecular formula is C22H28O12. The van der Waals surface area contributed by atoms with Crippen molar-refractivity contribution < 1.29 is 57.5 Å². The molecule has 1 aliphatic heterocycles. The van der Waals surface area contributed by atoms with E-state index in [4.69, 9.17) is 28.4 Å². The van der Waals surface area contributed by atoms with Crippen molar-refractivity contribution in [2.75, 3.05) is 13.2 Å². The van der Waals surface area contributed by atoms with E-state index in [1.807, 2.05) is 0 Å². The number of rotatable bonds is 9. The molecule has 0 aromatic heterocycles. The Bertz CT molecular complexity index is 844. The zero-order valence-electron chi connectivity index (χ0n) is 19.3. The van der Waals surface area contributed by atoms with Gasteiger partial charge in [0.2, 0.25) is 0 Å². The van der Waals surface area contributed by atoms with Crippen LogP contribution in [0.5, 0.6) is 0 Å². The van der Waals surface area contributed by atoms with Crippen LogP contribution in [0.4, 0.5) is 0 Å². The van der Waals surface area contributed by atoms with Crippen molar-refractivity contribution in [3.63, 3.8) is 0 Å². The fraction of sp³-hybridized carbons (Fsp3) is 0.591. The van der Waals surface area contributed by atoms with E-state index in [1.165, 1.54) is 31.2 Å². The van der Waals surface area contributed by atoms with E-state index in [-0.39, 0.29) is 25.4 Å². The molecule has 0 amide bonds. The van der Waals surface area contributed by atoms with Gasteiger partial charge in [-0.3, -0.25) is 24.0 Å². The molecule has 188 valence electrons. The third-order valence-corrected chi connectivity index (χ3v) is 4.81. The van der Waals surface area contributed by atoms with Gasteiger partial charge in [0.05, 0.1) is 6.61 Å². The quantitative estimate of drug-likeness (QED) is 0.342. The number of hydrogen-bond donors (Lipinski definition) is 1. The topological polar surface area (TPSA) is 161 Å². The van der Waals surface area contributed by atoms with Gasteiger partial charge in [-0.25, -0.2) is 0 Å². The van der Waals surface area contributed by atoms with Crippen LogP contribution in [0.1, 0.15) is 34.1 Å². The summed E-state index contributed by atoms with van der Waals surface area (Å²) in [4.78, 5) is 57.9. The van der Waals surface area contributed by atoms with Crippen LogP contribution in [0.3, 0.4) is 0 Å². The van der Waals surface area contributed by atoms with Gasteiger partial charge in [0, 0.05) is 34.1 Å². The number of ketones is 1. The van der Waals surface area contributed by atoms with Gasteiger partial charge < -0.3 is 33.5 Å². The zero-order chi connectivity index (χ0) is 25.5. The minimum atomic E-state index is -1.45. The molecule has 0 saturated carbocycles. The van der Waals surface area contributed by atoms with Crippen LogP contribution in [0.25, 0.3) is 0 Å². The average molecular weight is 484 g/mol. The van der Waals surface area contributed by atoms with E-state index in [9.17, 15) is 29.1 Å². The first kappa shape index (κ1) is 27.2. The van der Waals surface area contributed by atoms with E-state index in [2.05, 4.69) is 0 Å². The largest absolute Gasteiger partial charge is 0.463 e. The van der Waals surface area contributed by atoms with Crippen LogP contribution in [-0.4, -0.2) is 84.3 Å². The summed E-state index contributed by atoms with van der Waals surface area (Å²) in [7, 11) is 0. The lowest BCUT2D eigenvalue weighted by Gasteiger charge is -2.44. The summed E-state index contributed by atoms with van der Waals surface area (Å²) in [6, 6.07) is 0. The maximum atomic E-state index is 11.8. The number of allylic oxidation sites excluding steroid dienone is 2. The Morgan fingerprint density at radius 2 is 1.41 bits per heavy atom. The summed E-state index contributed by atoms with van der Waals surface area (Å²) in [6.07, 6.45) is -1.41. The maximum absolute atomic E-state index is 11.8. The molecule has 12 heteroatoms. The predicted octanol–water partition coefficient (Wildman–Crippen LogP) is -0.0976. The molecular weight excluding hydrogens is 456 g/mol. The molecule has 0 spiro atoms. The van der Waals surface area contributed by atoms with E-state index < -0.39 is 60.2 Å². The minimum Gasteiger partial charge on any atom is -0.463 e. The summed E-state index contributed by atoms with van der Waals surface area (Å²) in [5.74, 6) is -3.17. The normalized spacial score (nSPS) is 27.6. The van der Waals surface area contributed by atoms with Gasteiger partial charge in [-0.2, -0.15) is 0 Å². The molecule has 0 aromatic carbocycles. The summed E-state index contributed by atoms with van der Waals surface area (Å²) in [6.45, 7) is 3.99. The van der Waals surface area contributed by atoms with E-state index in [1.54, 1.807) is 0 Å². The number of aliphatic hydroxyl groups is 1. The highest BCUT2D eigenvalue weighted by Gasteiger charge is 2.52. The molecule has 0 unspecified atom stereocenters. The highest BCUT2D eigenvalue weighted by molar-refractivity contribution is 6.00. The maximum Gasteiger partial charge on any atom is 0.303 e. The monoisotopic (exact) mass is 484 g/mol. The Hall–Kier alpha value is -3.09. The Balaban J connectivity index is 2.28. The van der Waals surface area contributed by atoms with Gasteiger partial charge in [0.1, 0.15) is 18.3 Å². The zero-order valence-corrected chi connectivity index (χ0v) is 19.3. The molecule has 0 bridgehead atoms. The van der Waals surface area contributed by atoms with Gasteiger partial charge >= 0.3 is 23.9 Å². The standard InChI is InChI=1S/C22H28O12/c1-12(23)30-11-17-18(31-13(2)24)19(32-14(3)25)20(33-15(4)26)21(34-17)29-10-9-22(28)7-5-16(27)6-8-22/h5-8,17-21,28H,9-11H2,1-4H3/t17-,18-,19+,20-,21-/m1/s1. The van der Waals surface area contributed by atoms with Gasteiger partial charge in [-0.05, 0) is 24.3 Å². The Morgan fingerprint density at radius 3 is 1.94 bits per heavy atom. The molecule has 34 heavy (non-hydrogen) atoms. The highest BCUT2D eigenvalue weighted by atomic mass is 16.7. The molecule has 1 aliphatic carbocycles. The van der Waals surface area contributed by atoms with Crippen LogP contribution in [-0.2, 0) is 52.4 Å². The molecule has 1 saturated heterocycles. The molecule has 5 atom stereocenters. The van der Waals surface area contributed by atoms with Gasteiger partial charge in [-0.15, -0.1) is 0 Å². The first-order chi connectivity index (χ1) is 15.9. The molecule has 0 aromatic rings. The van der Waals surface area contributed by atoms with E-state index in [0.717, 1.165) is 20.8 Å². The van der Waals surface area contributed by atoms with Crippen LogP contribution in [0.15, 0.2) is 24.3 Å². The first-order valence-corrected chi connectivity index (χ1v) is 10.5. The van der Waals surface area contributed by atoms with E-state index in [0.29, 0.717) is 0 Å². The minimum absolute atomic E-state index is 0.000149. The fourth-order valence-electron chi connectivity index (χ4n) is 3.39. The SMILES string of the molecule is CC(=O)OC[C@H]1O[C@@H](OCCC2(O)C=CC(=O)C=C2)[C@H](OC(C)=O)[C@@H](OC(C)=O)[C@@H]1OC(C)=O. The molecule has 0 radical (unpaired) electrons. The van der Waals surface area contributed by atoms with Gasteiger partial charge in [0.15, 0.2) is 30.4 Å². The molecule has 2 aliphatic rings. The van der Waals surface area contributed by atoms with Gasteiger partial charge in [0.25, 0.3) is 0 Å². The van der Waals surface area contributed by atoms with Crippen molar-refractivity contribution in [1.29, 1.82) is 0 Å². The first-order valence-electron chi connectivity index (χ1n) is 10.5. The van der Waals surface area contributed by atoms with Crippen molar-refractivity contribution in [2.45, 2.75) is 70.4 Å². The third kappa shape index (κ3) is 8.04. The van der Waals surface area contributed by atoms with Crippen molar-refractivity contribution >= 4 is 29.7 Å². The second-order valence-electron chi connectivity index (χ2n) is 7.75. The second kappa shape index (κ2) is 11.9. The summed E-state index contributed by atoms with van der Waals surface area (Å²) in [5, 5.41) is 10.5. The predicted molar refractivity (Wildman–Crippen MR) is 111 cm³/mol. The molecule has 1 fully saturated rings. The van der Waals surface area contributed by atoms with Gasteiger partial charge in [-0.1, -0.05) is 0 Å². The smallest absolute Gasteiger partial charge is 0.303 e. The Kier molecular flexibility index (Phi) is 9.47. The summed E-state index contributed by atoms with van der Waals surface area (Å²) >= 11 is 0. The highest BCUT2D eigenvalue weighted by Crippen LogP contribution is 2.30. The Labute approximate surface area is 195 Å². The second-order valence-corrected chi connectivity index (χ2v) is 7.75. The van der Waals surface area contributed by atoms with Crippen LogP contribution in [0, 0.1) is 0 Å². The molecule has 12 nitrogen and oxygen atoms in total.